The average Bonchev–Trinajstić information content (AvgIpc) is 3.03. The van der Waals surface area contributed by atoms with E-state index in [2.05, 4.69) is 5.32 Å². The third-order valence-electron chi connectivity index (χ3n) is 2.93. The van der Waals surface area contributed by atoms with Gasteiger partial charge < -0.3 is 10.4 Å². The number of hydrogen-bond acceptors (Lipinski definition) is 2. The second-order valence-electron chi connectivity index (χ2n) is 4.40. The van der Waals surface area contributed by atoms with E-state index in [4.69, 9.17) is 5.11 Å². The maximum absolute atomic E-state index is 13.3. The standard InChI is InChI=1S/C12H13F2NO2/c13-9-2-1-8(10(14)6-9)5-11(17)15-12(7-16)3-4-12/h1-2,6,16H,3-5,7H2,(H,15,17). The summed E-state index contributed by atoms with van der Waals surface area (Å²) in [6.07, 6.45) is 1.33. The first kappa shape index (κ1) is 12.0. The van der Waals surface area contributed by atoms with E-state index in [0.29, 0.717) is 0 Å². The Kier molecular flexibility index (Phi) is 3.11. The molecule has 0 unspecified atom stereocenters. The van der Waals surface area contributed by atoms with Crippen molar-refractivity contribution in [3.63, 3.8) is 0 Å². The zero-order chi connectivity index (χ0) is 12.5. The first-order valence-corrected chi connectivity index (χ1v) is 5.40. The lowest BCUT2D eigenvalue weighted by molar-refractivity contribution is -0.121. The van der Waals surface area contributed by atoms with Gasteiger partial charge in [0.15, 0.2) is 0 Å². The highest BCUT2D eigenvalue weighted by atomic mass is 19.1. The minimum atomic E-state index is -0.728. The van der Waals surface area contributed by atoms with E-state index < -0.39 is 17.2 Å². The Morgan fingerprint density at radius 3 is 2.65 bits per heavy atom. The summed E-state index contributed by atoms with van der Waals surface area (Å²) in [5.74, 6) is -1.75. The Morgan fingerprint density at radius 1 is 1.41 bits per heavy atom. The van der Waals surface area contributed by atoms with Crippen LogP contribution in [0.4, 0.5) is 8.78 Å². The normalized spacial score (nSPS) is 16.6. The van der Waals surface area contributed by atoms with Crippen molar-refractivity contribution in [2.75, 3.05) is 6.61 Å². The van der Waals surface area contributed by atoms with Crippen LogP contribution in [0.25, 0.3) is 0 Å². The van der Waals surface area contributed by atoms with Gasteiger partial charge >= 0.3 is 0 Å². The summed E-state index contributed by atoms with van der Waals surface area (Å²) in [7, 11) is 0. The molecule has 2 rings (SSSR count). The summed E-state index contributed by atoms with van der Waals surface area (Å²) in [4.78, 5) is 11.6. The van der Waals surface area contributed by atoms with Gasteiger partial charge in [0, 0.05) is 6.07 Å². The number of halogens is 2. The summed E-state index contributed by atoms with van der Waals surface area (Å²) in [5.41, 5.74) is -0.356. The fourth-order valence-corrected chi connectivity index (χ4v) is 1.65. The second kappa shape index (κ2) is 4.41. The molecule has 3 nitrogen and oxygen atoms in total. The SMILES string of the molecule is O=C(Cc1ccc(F)cc1F)NC1(CO)CC1. The molecule has 0 heterocycles. The third-order valence-corrected chi connectivity index (χ3v) is 2.93. The summed E-state index contributed by atoms with van der Waals surface area (Å²) < 4.78 is 25.9. The number of benzene rings is 1. The molecule has 0 radical (unpaired) electrons. The van der Waals surface area contributed by atoms with E-state index in [1.54, 1.807) is 0 Å². The Morgan fingerprint density at radius 2 is 2.12 bits per heavy atom. The van der Waals surface area contributed by atoms with Crippen molar-refractivity contribution < 1.29 is 18.7 Å². The quantitative estimate of drug-likeness (QED) is 0.830. The van der Waals surface area contributed by atoms with Crippen molar-refractivity contribution >= 4 is 5.91 Å². The van der Waals surface area contributed by atoms with Crippen LogP contribution in [0.15, 0.2) is 18.2 Å². The van der Waals surface area contributed by atoms with Gasteiger partial charge in [0.1, 0.15) is 11.6 Å². The third kappa shape index (κ3) is 2.79. The first-order chi connectivity index (χ1) is 8.04. The molecule has 1 saturated carbocycles. The Bertz CT molecular complexity index is 444. The van der Waals surface area contributed by atoms with Gasteiger partial charge in [-0.1, -0.05) is 6.07 Å². The van der Waals surface area contributed by atoms with Crippen molar-refractivity contribution in [2.45, 2.75) is 24.8 Å². The number of nitrogens with one attached hydrogen (secondary N) is 1. The number of carbonyl (C=O) groups excluding carboxylic acids is 1. The van der Waals surface area contributed by atoms with Crippen molar-refractivity contribution in [2.24, 2.45) is 0 Å². The number of carbonyl (C=O) groups is 1. The molecule has 2 N–H and O–H groups in total. The molecule has 5 heteroatoms. The number of amides is 1. The molecule has 0 bridgehead atoms. The fourth-order valence-electron chi connectivity index (χ4n) is 1.65. The zero-order valence-corrected chi connectivity index (χ0v) is 9.17. The molecular weight excluding hydrogens is 228 g/mol. The largest absolute Gasteiger partial charge is 0.394 e. The minimum Gasteiger partial charge on any atom is -0.394 e. The molecule has 0 spiro atoms. The average molecular weight is 241 g/mol. The van der Waals surface area contributed by atoms with Crippen LogP contribution in [-0.2, 0) is 11.2 Å². The van der Waals surface area contributed by atoms with E-state index in [-0.39, 0.29) is 24.5 Å². The number of aliphatic hydroxyl groups is 1. The Hall–Kier alpha value is -1.49. The van der Waals surface area contributed by atoms with Crippen LogP contribution in [0.3, 0.4) is 0 Å². The number of rotatable bonds is 4. The van der Waals surface area contributed by atoms with Gasteiger partial charge in [0.05, 0.1) is 18.6 Å². The first-order valence-electron chi connectivity index (χ1n) is 5.40. The van der Waals surface area contributed by atoms with E-state index in [0.717, 1.165) is 25.0 Å². The maximum Gasteiger partial charge on any atom is 0.225 e. The van der Waals surface area contributed by atoms with Gasteiger partial charge in [-0.05, 0) is 24.5 Å². The smallest absolute Gasteiger partial charge is 0.225 e. The van der Waals surface area contributed by atoms with E-state index >= 15 is 0 Å². The molecule has 1 fully saturated rings. The minimum absolute atomic E-state index is 0.107. The van der Waals surface area contributed by atoms with E-state index in [9.17, 15) is 13.6 Å². The summed E-state index contributed by atoms with van der Waals surface area (Å²) in [5, 5.41) is 11.7. The molecule has 1 aliphatic carbocycles. The van der Waals surface area contributed by atoms with Gasteiger partial charge in [-0.15, -0.1) is 0 Å². The molecular formula is C12H13F2NO2. The Labute approximate surface area is 97.5 Å². The maximum atomic E-state index is 13.3. The molecule has 1 aromatic rings. The van der Waals surface area contributed by atoms with Crippen LogP contribution in [0.2, 0.25) is 0 Å². The molecule has 1 aromatic carbocycles. The molecule has 0 aliphatic heterocycles. The predicted molar refractivity (Wildman–Crippen MR) is 57.3 cm³/mol. The summed E-state index contributed by atoms with van der Waals surface area (Å²) >= 11 is 0. The van der Waals surface area contributed by atoms with Crippen LogP contribution < -0.4 is 5.32 Å². The van der Waals surface area contributed by atoms with Crippen molar-refractivity contribution in [3.8, 4) is 0 Å². The lowest BCUT2D eigenvalue weighted by Gasteiger charge is -2.14. The zero-order valence-electron chi connectivity index (χ0n) is 9.17. The van der Waals surface area contributed by atoms with Crippen molar-refractivity contribution in [1.29, 1.82) is 0 Å². The highest BCUT2D eigenvalue weighted by Crippen LogP contribution is 2.34. The van der Waals surface area contributed by atoms with Crippen LogP contribution in [0.5, 0.6) is 0 Å². The van der Waals surface area contributed by atoms with Gasteiger partial charge in [0.25, 0.3) is 0 Å². The highest BCUT2D eigenvalue weighted by Gasteiger charge is 2.43. The lowest BCUT2D eigenvalue weighted by atomic mass is 10.1. The van der Waals surface area contributed by atoms with Crippen LogP contribution in [0.1, 0.15) is 18.4 Å². The predicted octanol–water partition coefficient (Wildman–Crippen LogP) is 1.15. The van der Waals surface area contributed by atoms with Crippen LogP contribution >= 0.6 is 0 Å². The summed E-state index contributed by atoms with van der Waals surface area (Å²) in [6.45, 7) is -0.107. The molecule has 1 aliphatic rings. The number of hydrogen-bond donors (Lipinski definition) is 2. The molecule has 92 valence electrons. The molecule has 0 saturated heterocycles. The fraction of sp³-hybridized carbons (Fsp3) is 0.417. The second-order valence-corrected chi connectivity index (χ2v) is 4.40. The van der Waals surface area contributed by atoms with Crippen LogP contribution in [0, 0.1) is 11.6 Å². The van der Waals surface area contributed by atoms with E-state index in [1.165, 1.54) is 6.07 Å². The molecule has 0 atom stereocenters. The van der Waals surface area contributed by atoms with Crippen molar-refractivity contribution in [1.82, 2.24) is 5.32 Å². The topological polar surface area (TPSA) is 49.3 Å². The van der Waals surface area contributed by atoms with E-state index in [1.807, 2.05) is 0 Å². The van der Waals surface area contributed by atoms with Gasteiger partial charge in [-0.25, -0.2) is 8.78 Å². The number of aliphatic hydroxyl groups excluding tert-OH is 1. The Balaban J connectivity index is 1.98. The monoisotopic (exact) mass is 241 g/mol. The molecule has 0 aromatic heterocycles. The van der Waals surface area contributed by atoms with Gasteiger partial charge in [-0.3, -0.25) is 4.79 Å². The lowest BCUT2D eigenvalue weighted by Crippen LogP contribution is -2.40. The highest BCUT2D eigenvalue weighted by molar-refractivity contribution is 5.79. The summed E-state index contributed by atoms with van der Waals surface area (Å²) in [6, 6.07) is 3.12. The molecule has 1 amide bonds. The van der Waals surface area contributed by atoms with Gasteiger partial charge in [0.2, 0.25) is 5.91 Å². The van der Waals surface area contributed by atoms with Crippen molar-refractivity contribution in [3.05, 3.63) is 35.4 Å². The molecule has 17 heavy (non-hydrogen) atoms. The van der Waals surface area contributed by atoms with Gasteiger partial charge in [-0.2, -0.15) is 0 Å². The van der Waals surface area contributed by atoms with Crippen LogP contribution in [-0.4, -0.2) is 23.2 Å².